The average molecular weight is 328 g/mol. The van der Waals surface area contributed by atoms with Gasteiger partial charge in [-0.1, -0.05) is 17.7 Å². The number of benzene rings is 1. The van der Waals surface area contributed by atoms with E-state index in [0.29, 0.717) is 4.91 Å². The molecule has 118 valence electrons. The third-order valence-electron chi connectivity index (χ3n) is 3.39. The van der Waals surface area contributed by atoms with Crippen molar-refractivity contribution in [3.8, 4) is 5.75 Å². The van der Waals surface area contributed by atoms with Crippen LogP contribution in [-0.4, -0.2) is 34.2 Å². The highest BCUT2D eigenvalue weighted by molar-refractivity contribution is 8.18. The lowest BCUT2D eigenvalue weighted by molar-refractivity contribution is -0.123. The molecule has 1 aliphatic heterocycles. The molecule has 0 aliphatic carbocycles. The second-order valence-electron chi connectivity index (χ2n) is 5.12. The van der Waals surface area contributed by atoms with Crippen molar-refractivity contribution >= 4 is 29.0 Å². The van der Waals surface area contributed by atoms with Crippen LogP contribution in [0.2, 0.25) is 0 Å². The van der Waals surface area contributed by atoms with Crippen LogP contribution >= 0.6 is 11.8 Å². The van der Waals surface area contributed by atoms with E-state index < -0.39 is 0 Å². The van der Waals surface area contributed by atoms with Crippen LogP contribution in [0.15, 0.2) is 47.5 Å². The molecule has 0 bridgehead atoms. The number of carbonyl (C=O) groups excluding carboxylic acids is 2. The summed E-state index contributed by atoms with van der Waals surface area (Å²) < 4.78 is 5.58. The molecule has 2 heterocycles. The highest BCUT2D eigenvalue weighted by atomic mass is 32.2. The zero-order valence-corrected chi connectivity index (χ0v) is 13.4. The molecule has 1 N–H and O–H groups in total. The number of hydrogen-bond acceptors (Lipinski definition) is 4. The second-order valence-corrected chi connectivity index (χ2v) is 6.11. The molecular weight excluding hydrogens is 312 g/mol. The van der Waals surface area contributed by atoms with Gasteiger partial charge >= 0.3 is 0 Å². The van der Waals surface area contributed by atoms with E-state index in [4.69, 9.17) is 4.74 Å². The number of nitrogens with zero attached hydrogens (tertiary/aromatic N) is 1. The van der Waals surface area contributed by atoms with Crippen LogP contribution < -0.4 is 4.74 Å². The number of imide groups is 1. The van der Waals surface area contributed by atoms with E-state index in [-0.39, 0.29) is 24.3 Å². The lowest BCUT2D eigenvalue weighted by Gasteiger charge is -2.13. The fraction of sp³-hybridized carbons (Fsp3) is 0.176. The van der Waals surface area contributed by atoms with Gasteiger partial charge < -0.3 is 9.72 Å². The second kappa shape index (κ2) is 6.75. The number of carbonyl (C=O) groups is 2. The van der Waals surface area contributed by atoms with Gasteiger partial charge in [-0.3, -0.25) is 14.5 Å². The standard InChI is InChI=1S/C17H16N2O3S/c1-12-4-6-14(7-5-12)22-10-9-19-16(20)15(23-17(19)21)11-13-3-2-8-18-13/h2-8,11,18H,9-10H2,1H3/b15-11-. The van der Waals surface area contributed by atoms with E-state index in [1.54, 1.807) is 12.3 Å². The van der Waals surface area contributed by atoms with Gasteiger partial charge in [-0.05, 0) is 49.0 Å². The summed E-state index contributed by atoms with van der Waals surface area (Å²) in [5.74, 6) is 0.451. The molecule has 2 amide bonds. The van der Waals surface area contributed by atoms with Gasteiger partial charge in [0, 0.05) is 11.9 Å². The zero-order chi connectivity index (χ0) is 16.2. The molecule has 1 fully saturated rings. The number of nitrogens with one attached hydrogen (secondary N) is 1. The minimum atomic E-state index is -0.276. The van der Waals surface area contributed by atoms with Gasteiger partial charge in [0.2, 0.25) is 0 Å². The number of aryl methyl sites for hydroxylation is 1. The number of aromatic amines is 1. The van der Waals surface area contributed by atoms with Crippen LogP contribution in [0.4, 0.5) is 4.79 Å². The molecule has 2 aromatic rings. The maximum absolute atomic E-state index is 12.3. The van der Waals surface area contributed by atoms with E-state index in [1.165, 1.54) is 4.90 Å². The highest BCUT2D eigenvalue weighted by Gasteiger charge is 2.34. The van der Waals surface area contributed by atoms with E-state index in [1.807, 2.05) is 43.3 Å². The molecule has 1 aromatic carbocycles. The zero-order valence-electron chi connectivity index (χ0n) is 12.6. The Bertz CT molecular complexity index is 736. The number of hydrogen-bond donors (Lipinski definition) is 1. The summed E-state index contributed by atoms with van der Waals surface area (Å²) in [5.41, 5.74) is 1.95. The molecule has 6 heteroatoms. The fourth-order valence-electron chi connectivity index (χ4n) is 2.16. The number of thioether (sulfide) groups is 1. The van der Waals surface area contributed by atoms with Gasteiger partial charge in [0.25, 0.3) is 11.1 Å². The molecule has 0 radical (unpaired) electrons. The van der Waals surface area contributed by atoms with Crippen molar-refractivity contribution in [2.24, 2.45) is 0 Å². The molecule has 0 atom stereocenters. The molecular formula is C17H16N2O3S. The minimum absolute atomic E-state index is 0.237. The smallest absolute Gasteiger partial charge is 0.293 e. The Hall–Kier alpha value is -2.47. The summed E-state index contributed by atoms with van der Waals surface area (Å²) in [5, 5.41) is -0.264. The van der Waals surface area contributed by atoms with Crippen molar-refractivity contribution in [3.63, 3.8) is 0 Å². The average Bonchev–Trinajstić information content (AvgIpc) is 3.13. The predicted octanol–water partition coefficient (Wildman–Crippen LogP) is 3.44. The largest absolute Gasteiger partial charge is 0.492 e. The fourth-order valence-corrected chi connectivity index (χ4v) is 3.01. The van der Waals surface area contributed by atoms with Gasteiger partial charge in [0.05, 0.1) is 11.4 Å². The number of aromatic nitrogens is 1. The maximum Gasteiger partial charge on any atom is 0.293 e. The quantitative estimate of drug-likeness (QED) is 0.854. The Kier molecular flexibility index (Phi) is 4.52. The summed E-state index contributed by atoms with van der Waals surface area (Å²) in [7, 11) is 0. The number of rotatable bonds is 5. The van der Waals surface area contributed by atoms with Crippen LogP contribution in [0.25, 0.3) is 6.08 Å². The third kappa shape index (κ3) is 3.65. The van der Waals surface area contributed by atoms with Crippen LogP contribution in [0.1, 0.15) is 11.3 Å². The van der Waals surface area contributed by atoms with E-state index >= 15 is 0 Å². The highest BCUT2D eigenvalue weighted by Crippen LogP contribution is 2.31. The molecule has 0 spiro atoms. The first kappa shape index (κ1) is 15.4. The van der Waals surface area contributed by atoms with Crippen molar-refractivity contribution < 1.29 is 14.3 Å². The SMILES string of the molecule is Cc1ccc(OCCN2C(=O)S/C(=C\c3ccc[nH]3)C2=O)cc1. The van der Waals surface area contributed by atoms with Crippen LogP contribution in [-0.2, 0) is 4.79 Å². The Morgan fingerprint density at radius 2 is 2.00 bits per heavy atom. The van der Waals surface area contributed by atoms with Gasteiger partial charge in [-0.2, -0.15) is 0 Å². The monoisotopic (exact) mass is 328 g/mol. The molecule has 3 rings (SSSR count). The van der Waals surface area contributed by atoms with E-state index in [2.05, 4.69) is 4.98 Å². The molecule has 0 unspecified atom stereocenters. The van der Waals surface area contributed by atoms with Crippen LogP contribution in [0.3, 0.4) is 0 Å². The number of amides is 2. The topological polar surface area (TPSA) is 62.4 Å². The predicted molar refractivity (Wildman–Crippen MR) is 90.1 cm³/mol. The molecule has 1 aliphatic rings. The Morgan fingerprint density at radius 1 is 1.22 bits per heavy atom. The Morgan fingerprint density at radius 3 is 2.70 bits per heavy atom. The van der Waals surface area contributed by atoms with E-state index in [0.717, 1.165) is 28.8 Å². The summed E-state index contributed by atoms with van der Waals surface area (Å²) in [4.78, 5) is 28.9. The van der Waals surface area contributed by atoms with Gasteiger partial charge in [0.15, 0.2) is 0 Å². The summed E-state index contributed by atoms with van der Waals surface area (Å²) in [6.45, 7) is 2.51. The van der Waals surface area contributed by atoms with Crippen LogP contribution in [0, 0.1) is 6.92 Å². The first-order chi connectivity index (χ1) is 11.1. The van der Waals surface area contributed by atoms with Crippen LogP contribution in [0.5, 0.6) is 5.75 Å². The van der Waals surface area contributed by atoms with Gasteiger partial charge in [0.1, 0.15) is 12.4 Å². The lowest BCUT2D eigenvalue weighted by atomic mass is 10.2. The normalized spacial score (nSPS) is 16.4. The first-order valence-corrected chi connectivity index (χ1v) is 8.03. The first-order valence-electron chi connectivity index (χ1n) is 7.22. The minimum Gasteiger partial charge on any atom is -0.492 e. The molecule has 1 saturated heterocycles. The number of H-pyrrole nitrogens is 1. The Balaban J connectivity index is 1.59. The van der Waals surface area contributed by atoms with Crippen molar-refractivity contribution in [3.05, 3.63) is 58.8 Å². The van der Waals surface area contributed by atoms with Crippen molar-refractivity contribution in [2.75, 3.05) is 13.2 Å². The van der Waals surface area contributed by atoms with Crippen molar-refractivity contribution in [2.45, 2.75) is 6.92 Å². The molecule has 5 nitrogen and oxygen atoms in total. The molecule has 23 heavy (non-hydrogen) atoms. The Labute approximate surface area is 138 Å². The van der Waals surface area contributed by atoms with Gasteiger partial charge in [-0.25, -0.2) is 0 Å². The lowest BCUT2D eigenvalue weighted by Crippen LogP contribution is -2.32. The summed E-state index contributed by atoms with van der Waals surface area (Å²) in [6.07, 6.45) is 3.46. The molecule has 1 aromatic heterocycles. The van der Waals surface area contributed by atoms with Gasteiger partial charge in [-0.15, -0.1) is 0 Å². The maximum atomic E-state index is 12.3. The van der Waals surface area contributed by atoms with E-state index in [9.17, 15) is 9.59 Å². The third-order valence-corrected chi connectivity index (χ3v) is 4.29. The van der Waals surface area contributed by atoms with Crippen molar-refractivity contribution in [1.29, 1.82) is 0 Å². The summed E-state index contributed by atoms with van der Waals surface area (Å²) in [6, 6.07) is 11.3. The number of ether oxygens (including phenoxy) is 1. The summed E-state index contributed by atoms with van der Waals surface area (Å²) >= 11 is 0.951. The molecule has 0 saturated carbocycles. The van der Waals surface area contributed by atoms with Crippen molar-refractivity contribution in [1.82, 2.24) is 9.88 Å².